The molecule has 0 bridgehead atoms. The van der Waals surface area contributed by atoms with Crippen molar-refractivity contribution < 1.29 is 19.0 Å². The number of rotatable bonds is 8. The second-order valence-electron chi connectivity index (χ2n) is 5.71. The zero-order chi connectivity index (χ0) is 18.4. The number of Topliss-reactive ketones (excluding diaryl/α,β-unsaturated/α-hetero) is 1. The summed E-state index contributed by atoms with van der Waals surface area (Å²) < 4.78 is 16.1. The van der Waals surface area contributed by atoms with Crippen molar-refractivity contribution in [2.45, 2.75) is 25.4 Å². The molecular weight excluding hydrogens is 336 g/mol. The maximum atomic E-state index is 11.6. The minimum Gasteiger partial charge on any atom is -0.496 e. The van der Waals surface area contributed by atoms with Crippen LogP contribution in [0.1, 0.15) is 34.0 Å². The molecule has 0 aliphatic rings. The van der Waals surface area contributed by atoms with E-state index < -0.39 is 0 Å². The Kier molecular flexibility index (Phi) is 6.76. The van der Waals surface area contributed by atoms with Gasteiger partial charge in [0, 0.05) is 22.6 Å². The lowest BCUT2D eigenvalue weighted by molar-refractivity contribution is 0.101. The third-order valence-electron chi connectivity index (χ3n) is 4.04. The van der Waals surface area contributed by atoms with Crippen molar-refractivity contribution in [3.63, 3.8) is 0 Å². The highest BCUT2D eigenvalue weighted by molar-refractivity contribution is 7.97. The fourth-order valence-electron chi connectivity index (χ4n) is 2.56. The van der Waals surface area contributed by atoms with Gasteiger partial charge in [-0.2, -0.15) is 11.8 Å². The summed E-state index contributed by atoms with van der Waals surface area (Å²) >= 11 is 1.77. The van der Waals surface area contributed by atoms with E-state index >= 15 is 0 Å². The first-order valence-corrected chi connectivity index (χ1v) is 9.12. The first-order valence-electron chi connectivity index (χ1n) is 7.97. The fraction of sp³-hybridized carbons (Fsp3) is 0.350. The van der Waals surface area contributed by atoms with Gasteiger partial charge in [-0.25, -0.2) is 0 Å². The van der Waals surface area contributed by atoms with E-state index in [0.29, 0.717) is 5.56 Å². The number of hydrogen-bond donors (Lipinski definition) is 0. The minimum atomic E-state index is 0.0599. The molecule has 0 unspecified atom stereocenters. The molecule has 5 heteroatoms. The van der Waals surface area contributed by atoms with E-state index in [1.54, 1.807) is 46.1 Å². The molecular formula is C20H24O4S. The van der Waals surface area contributed by atoms with Crippen LogP contribution in [0, 0.1) is 6.92 Å². The maximum Gasteiger partial charge on any atom is 0.161 e. The average molecular weight is 360 g/mol. The predicted molar refractivity (Wildman–Crippen MR) is 102 cm³/mol. The van der Waals surface area contributed by atoms with Crippen LogP contribution in [0.5, 0.6) is 17.2 Å². The van der Waals surface area contributed by atoms with Crippen LogP contribution in [0.25, 0.3) is 0 Å². The molecule has 134 valence electrons. The molecule has 2 aromatic carbocycles. The molecule has 0 atom stereocenters. The zero-order valence-corrected chi connectivity index (χ0v) is 16.2. The number of ketones is 1. The molecule has 0 radical (unpaired) electrons. The molecule has 0 spiro atoms. The van der Waals surface area contributed by atoms with Crippen molar-refractivity contribution in [1.29, 1.82) is 0 Å². The van der Waals surface area contributed by atoms with Crippen LogP contribution in [-0.2, 0) is 11.5 Å². The van der Waals surface area contributed by atoms with Gasteiger partial charge in [0.15, 0.2) is 17.3 Å². The summed E-state index contributed by atoms with van der Waals surface area (Å²) in [6, 6.07) is 9.58. The van der Waals surface area contributed by atoms with Gasteiger partial charge in [-0.15, -0.1) is 0 Å². The summed E-state index contributed by atoms with van der Waals surface area (Å²) in [5.41, 5.74) is 4.09. The van der Waals surface area contributed by atoms with E-state index in [0.717, 1.165) is 39.9 Å². The Morgan fingerprint density at radius 2 is 1.48 bits per heavy atom. The lowest BCUT2D eigenvalue weighted by Gasteiger charge is -2.13. The molecule has 0 aromatic heterocycles. The highest BCUT2D eigenvalue weighted by Crippen LogP contribution is 2.33. The Balaban J connectivity index is 2.13. The summed E-state index contributed by atoms with van der Waals surface area (Å²) in [4.78, 5) is 11.6. The van der Waals surface area contributed by atoms with Gasteiger partial charge in [0.1, 0.15) is 5.75 Å². The molecule has 0 N–H and O–H groups in total. The Hall–Kier alpha value is -2.14. The molecule has 2 rings (SSSR count). The highest BCUT2D eigenvalue weighted by atomic mass is 32.2. The van der Waals surface area contributed by atoms with Crippen LogP contribution >= 0.6 is 11.8 Å². The molecule has 0 saturated carbocycles. The summed E-state index contributed by atoms with van der Waals surface area (Å²) in [5.74, 6) is 3.94. The molecule has 2 aromatic rings. The van der Waals surface area contributed by atoms with Crippen LogP contribution in [0.3, 0.4) is 0 Å². The van der Waals surface area contributed by atoms with Crippen molar-refractivity contribution in [2.24, 2.45) is 0 Å². The zero-order valence-electron chi connectivity index (χ0n) is 15.3. The topological polar surface area (TPSA) is 44.8 Å². The van der Waals surface area contributed by atoms with Crippen LogP contribution < -0.4 is 14.2 Å². The largest absolute Gasteiger partial charge is 0.496 e. The molecule has 0 fully saturated rings. The average Bonchev–Trinajstić information content (AvgIpc) is 2.62. The molecule has 0 saturated heterocycles. The number of benzene rings is 2. The van der Waals surface area contributed by atoms with Crippen LogP contribution in [0.4, 0.5) is 0 Å². The van der Waals surface area contributed by atoms with E-state index in [1.165, 1.54) is 5.56 Å². The van der Waals surface area contributed by atoms with Crippen molar-refractivity contribution in [1.82, 2.24) is 0 Å². The lowest BCUT2D eigenvalue weighted by atomic mass is 10.1. The van der Waals surface area contributed by atoms with Crippen molar-refractivity contribution in [3.05, 3.63) is 52.6 Å². The molecule has 0 aliphatic heterocycles. The van der Waals surface area contributed by atoms with Gasteiger partial charge in [0.05, 0.1) is 21.3 Å². The van der Waals surface area contributed by atoms with E-state index in [-0.39, 0.29) is 5.78 Å². The summed E-state index contributed by atoms with van der Waals surface area (Å²) in [5, 5.41) is 0. The lowest BCUT2D eigenvalue weighted by Crippen LogP contribution is -1.98. The summed E-state index contributed by atoms with van der Waals surface area (Å²) in [6.07, 6.45) is 0. The molecule has 0 amide bonds. The van der Waals surface area contributed by atoms with Crippen LogP contribution in [-0.4, -0.2) is 27.1 Å². The van der Waals surface area contributed by atoms with Crippen molar-refractivity contribution in [3.8, 4) is 17.2 Å². The third kappa shape index (κ3) is 4.69. The van der Waals surface area contributed by atoms with Gasteiger partial charge >= 0.3 is 0 Å². The van der Waals surface area contributed by atoms with Gasteiger partial charge in [-0.05, 0) is 55.3 Å². The SMILES string of the molecule is COc1ccc(C(C)=O)cc1CSCc1cc(OC)c(OC)cc1C. The molecule has 25 heavy (non-hydrogen) atoms. The Bertz CT molecular complexity index is 756. The molecule has 4 nitrogen and oxygen atoms in total. The number of methoxy groups -OCH3 is 3. The second kappa shape index (κ2) is 8.81. The minimum absolute atomic E-state index is 0.0599. The number of aryl methyl sites for hydroxylation is 1. The standard InChI is InChI=1S/C20H24O4S/c1-13-8-19(23-4)20(24-5)10-16(13)11-25-12-17-9-15(14(2)21)6-7-18(17)22-3/h6-10H,11-12H2,1-5H3. The van der Waals surface area contributed by atoms with E-state index in [9.17, 15) is 4.79 Å². The Morgan fingerprint density at radius 3 is 2.08 bits per heavy atom. The van der Waals surface area contributed by atoms with Gasteiger partial charge in [-0.1, -0.05) is 0 Å². The highest BCUT2D eigenvalue weighted by Gasteiger charge is 2.11. The van der Waals surface area contributed by atoms with E-state index in [2.05, 4.69) is 6.92 Å². The Labute approximate surface area is 153 Å². The predicted octanol–water partition coefficient (Wildman–Crippen LogP) is 4.66. The summed E-state index contributed by atoms with van der Waals surface area (Å²) in [7, 11) is 4.93. The van der Waals surface area contributed by atoms with Crippen LogP contribution in [0.15, 0.2) is 30.3 Å². The van der Waals surface area contributed by atoms with Crippen LogP contribution in [0.2, 0.25) is 0 Å². The number of ether oxygens (including phenoxy) is 3. The quantitative estimate of drug-likeness (QED) is 0.641. The maximum absolute atomic E-state index is 11.6. The fourth-order valence-corrected chi connectivity index (χ4v) is 3.64. The van der Waals surface area contributed by atoms with Gasteiger partial charge < -0.3 is 14.2 Å². The van der Waals surface area contributed by atoms with Gasteiger partial charge in [-0.3, -0.25) is 4.79 Å². The number of carbonyl (C=O) groups excluding carboxylic acids is 1. The second-order valence-corrected chi connectivity index (χ2v) is 6.69. The van der Waals surface area contributed by atoms with Crippen molar-refractivity contribution in [2.75, 3.05) is 21.3 Å². The normalized spacial score (nSPS) is 10.4. The number of thioether (sulfide) groups is 1. The monoisotopic (exact) mass is 360 g/mol. The van der Waals surface area contributed by atoms with Gasteiger partial charge in [0.2, 0.25) is 0 Å². The summed E-state index contributed by atoms with van der Waals surface area (Å²) in [6.45, 7) is 3.64. The molecule has 0 aliphatic carbocycles. The number of carbonyl (C=O) groups is 1. The van der Waals surface area contributed by atoms with E-state index in [4.69, 9.17) is 14.2 Å². The Morgan fingerprint density at radius 1 is 0.880 bits per heavy atom. The third-order valence-corrected chi connectivity index (χ3v) is 5.07. The van der Waals surface area contributed by atoms with Gasteiger partial charge in [0.25, 0.3) is 0 Å². The molecule has 0 heterocycles. The first-order chi connectivity index (χ1) is 12.0. The van der Waals surface area contributed by atoms with E-state index in [1.807, 2.05) is 24.3 Å². The number of hydrogen-bond acceptors (Lipinski definition) is 5. The smallest absolute Gasteiger partial charge is 0.161 e. The first kappa shape index (κ1) is 19.2. The van der Waals surface area contributed by atoms with Crippen molar-refractivity contribution >= 4 is 17.5 Å².